The third-order valence-electron chi connectivity index (χ3n) is 2.68. The van der Waals surface area contributed by atoms with Crippen LogP contribution >= 0.6 is 15.9 Å². The zero-order valence-corrected chi connectivity index (χ0v) is 12.3. The molecule has 0 heterocycles. The van der Waals surface area contributed by atoms with E-state index in [0.29, 0.717) is 4.47 Å². The SMILES string of the molecule is COC(=O)c1c(Br)ccc(OCc2ccccc2)c1F. The van der Waals surface area contributed by atoms with E-state index in [1.165, 1.54) is 13.2 Å². The van der Waals surface area contributed by atoms with Crippen LogP contribution in [-0.2, 0) is 11.3 Å². The zero-order chi connectivity index (χ0) is 14.5. The minimum atomic E-state index is -0.750. The smallest absolute Gasteiger partial charge is 0.342 e. The summed E-state index contributed by atoms with van der Waals surface area (Å²) in [5, 5.41) is 0. The van der Waals surface area contributed by atoms with Crippen LogP contribution in [0, 0.1) is 5.82 Å². The Morgan fingerprint density at radius 1 is 1.20 bits per heavy atom. The standard InChI is InChI=1S/C15H12BrFO3/c1-19-15(18)13-11(16)7-8-12(14(13)17)20-9-10-5-3-2-4-6-10/h2-8H,9H2,1H3. The van der Waals surface area contributed by atoms with Crippen LogP contribution in [0.25, 0.3) is 0 Å². The van der Waals surface area contributed by atoms with Crippen molar-refractivity contribution >= 4 is 21.9 Å². The van der Waals surface area contributed by atoms with Gasteiger partial charge in [0.2, 0.25) is 0 Å². The molecule has 0 unspecified atom stereocenters. The van der Waals surface area contributed by atoms with Gasteiger partial charge in [-0.05, 0) is 33.6 Å². The second-order valence-corrected chi connectivity index (χ2v) is 4.85. The number of rotatable bonds is 4. The van der Waals surface area contributed by atoms with E-state index in [1.54, 1.807) is 6.07 Å². The fourth-order valence-electron chi connectivity index (χ4n) is 1.67. The van der Waals surface area contributed by atoms with Gasteiger partial charge in [0, 0.05) is 4.47 Å². The summed E-state index contributed by atoms with van der Waals surface area (Å²) < 4.78 is 24.5. The first-order chi connectivity index (χ1) is 9.63. The predicted molar refractivity (Wildman–Crippen MR) is 76.2 cm³/mol. The van der Waals surface area contributed by atoms with Crippen molar-refractivity contribution in [3.63, 3.8) is 0 Å². The number of hydrogen-bond acceptors (Lipinski definition) is 3. The summed E-state index contributed by atoms with van der Waals surface area (Å²) in [7, 11) is 1.20. The van der Waals surface area contributed by atoms with Gasteiger partial charge < -0.3 is 9.47 Å². The zero-order valence-electron chi connectivity index (χ0n) is 10.7. The summed E-state index contributed by atoms with van der Waals surface area (Å²) in [6.45, 7) is 0.222. The van der Waals surface area contributed by atoms with Gasteiger partial charge in [-0.2, -0.15) is 0 Å². The maximum Gasteiger partial charge on any atom is 0.342 e. The van der Waals surface area contributed by atoms with Crippen LogP contribution in [0.5, 0.6) is 5.75 Å². The lowest BCUT2D eigenvalue weighted by atomic mass is 10.2. The van der Waals surface area contributed by atoms with Crippen LogP contribution < -0.4 is 4.74 Å². The molecule has 5 heteroatoms. The highest BCUT2D eigenvalue weighted by Gasteiger charge is 2.20. The average molecular weight is 339 g/mol. The second-order valence-electron chi connectivity index (χ2n) is 4.00. The molecule has 0 N–H and O–H groups in total. The monoisotopic (exact) mass is 338 g/mol. The van der Waals surface area contributed by atoms with Crippen molar-refractivity contribution < 1.29 is 18.7 Å². The molecule has 0 amide bonds. The van der Waals surface area contributed by atoms with Gasteiger partial charge in [0.25, 0.3) is 0 Å². The van der Waals surface area contributed by atoms with Crippen molar-refractivity contribution in [2.45, 2.75) is 6.61 Å². The summed E-state index contributed by atoms with van der Waals surface area (Å²) >= 11 is 3.12. The first-order valence-corrected chi connectivity index (χ1v) is 6.66. The van der Waals surface area contributed by atoms with Crippen LogP contribution in [0.1, 0.15) is 15.9 Å². The van der Waals surface area contributed by atoms with Crippen LogP contribution in [0.15, 0.2) is 46.9 Å². The molecule has 2 aromatic rings. The summed E-state index contributed by atoms with van der Waals surface area (Å²) in [6.07, 6.45) is 0. The highest BCUT2D eigenvalue weighted by atomic mass is 79.9. The van der Waals surface area contributed by atoms with Crippen molar-refractivity contribution in [3.8, 4) is 5.75 Å². The molecule has 0 aromatic heterocycles. The van der Waals surface area contributed by atoms with Crippen LogP contribution in [0.4, 0.5) is 4.39 Å². The number of benzene rings is 2. The largest absolute Gasteiger partial charge is 0.486 e. The van der Waals surface area contributed by atoms with E-state index in [1.807, 2.05) is 30.3 Å². The lowest BCUT2D eigenvalue weighted by Gasteiger charge is -2.10. The number of carbonyl (C=O) groups excluding carboxylic acids is 1. The number of methoxy groups -OCH3 is 1. The van der Waals surface area contributed by atoms with E-state index in [4.69, 9.17) is 4.74 Å². The van der Waals surface area contributed by atoms with Crippen molar-refractivity contribution in [1.82, 2.24) is 0 Å². The molecule has 3 nitrogen and oxygen atoms in total. The Morgan fingerprint density at radius 3 is 2.55 bits per heavy atom. The molecule has 0 radical (unpaired) electrons. The molecule has 20 heavy (non-hydrogen) atoms. The third kappa shape index (κ3) is 3.17. The van der Waals surface area contributed by atoms with E-state index >= 15 is 0 Å². The Balaban J connectivity index is 2.23. The quantitative estimate of drug-likeness (QED) is 0.791. The van der Waals surface area contributed by atoms with E-state index in [-0.39, 0.29) is 17.9 Å². The molecule has 0 saturated carbocycles. The summed E-state index contributed by atoms with van der Waals surface area (Å²) in [6, 6.07) is 12.4. The molecule has 0 aliphatic heterocycles. The van der Waals surface area contributed by atoms with Crippen molar-refractivity contribution in [3.05, 3.63) is 63.9 Å². The molecule has 0 bridgehead atoms. The number of halogens is 2. The molecule has 0 aliphatic rings. The second kappa shape index (κ2) is 6.52. The molecular weight excluding hydrogens is 327 g/mol. The Morgan fingerprint density at radius 2 is 1.90 bits per heavy atom. The molecule has 2 rings (SSSR count). The highest BCUT2D eigenvalue weighted by molar-refractivity contribution is 9.10. The van der Waals surface area contributed by atoms with Crippen LogP contribution in [0.2, 0.25) is 0 Å². The molecule has 0 aliphatic carbocycles. The molecule has 0 fully saturated rings. The molecular formula is C15H12BrFO3. The number of esters is 1. The van der Waals surface area contributed by atoms with E-state index < -0.39 is 11.8 Å². The molecule has 0 spiro atoms. The summed E-state index contributed by atoms with van der Waals surface area (Å²) in [4.78, 5) is 11.5. The van der Waals surface area contributed by atoms with Gasteiger partial charge in [0.05, 0.1) is 7.11 Å². The van der Waals surface area contributed by atoms with Gasteiger partial charge in [-0.25, -0.2) is 9.18 Å². The summed E-state index contributed by atoms with van der Waals surface area (Å²) in [5.74, 6) is -1.47. The Kier molecular flexibility index (Phi) is 4.74. The molecule has 2 aromatic carbocycles. The number of carbonyl (C=O) groups is 1. The topological polar surface area (TPSA) is 35.5 Å². The summed E-state index contributed by atoms with van der Waals surface area (Å²) in [5.41, 5.74) is 0.743. The fraction of sp³-hybridized carbons (Fsp3) is 0.133. The van der Waals surface area contributed by atoms with E-state index in [9.17, 15) is 9.18 Å². The van der Waals surface area contributed by atoms with Gasteiger partial charge in [0.1, 0.15) is 12.2 Å². The van der Waals surface area contributed by atoms with Gasteiger partial charge >= 0.3 is 5.97 Å². The van der Waals surface area contributed by atoms with Crippen molar-refractivity contribution in [2.24, 2.45) is 0 Å². The normalized spacial score (nSPS) is 10.2. The molecule has 0 saturated heterocycles. The van der Waals surface area contributed by atoms with E-state index in [2.05, 4.69) is 20.7 Å². The highest BCUT2D eigenvalue weighted by Crippen LogP contribution is 2.28. The minimum Gasteiger partial charge on any atom is -0.486 e. The Labute approximate surface area is 124 Å². The van der Waals surface area contributed by atoms with Crippen molar-refractivity contribution in [1.29, 1.82) is 0 Å². The third-order valence-corrected chi connectivity index (χ3v) is 3.34. The average Bonchev–Trinajstić information content (AvgIpc) is 2.47. The lowest BCUT2D eigenvalue weighted by Crippen LogP contribution is -2.08. The molecule has 0 atom stereocenters. The Bertz CT molecular complexity index is 614. The number of hydrogen-bond donors (Lipinski definition) is 0. The first kappa shape index (κ1) is 14.5. The minimum absolute atomic E-state index is 0.0115. The lowest BCUT2D eigenvalue weighted by molar-refractivity contribution is 0.0593. The van der Waals surface area contributed by atoms with Gasteiger partial charge in [-0.15, -0.1) is 0 Å². The maximum atomic E-state index is 14.2. The fourth-order valence-corrected chi connectivity index (χ4v) is 2.14. The van der Waals surface area contributed by atoms with Gasteiger partial charge in [0.15, 0.2) is 11.6 Å². The first-order valence-electron chi connectivity index (χ1n) is 5.86. The van der Waals surface area contributed by atoms with Gasteiger partial charge in [-0.3, -0.25) is 0 Å². The van der Waals surface area contributed by atoms with E-state index in [0.717, 1.165) is 5.56 Å². The molecule has 104 valence electrons. The van der Waals surface area contributed by atoms with Gasteiger partial charge in [-0.1, -0.05) is 30.3 Å². The van der Waals surface area contributed by atoms with Crippen LogP contribution in [0.3, 0.4) is 0 Å². The maximum absolute atomic E-state index is 14.2. The predicted octanol–water partition coefficient (Wildman–Crippen LogP) is 3.95. The number of ether oxygens (including phenoxy) is 2. The Hall–Kier alpha value is -1.88. The van der Waals surface area contributed by atoms with Crippen molar-refractivity contribution in [2.75, 3.05) is 7.11 Å². The van der Waals surface area contributed by atoms with Crippen LogP contribution in [-0.4, -0.2) is 13.1 Å².